The predicted molar refractivity (Wildman–Crippen MR) is 48.5 cm³/mol. The highest BCUT2D eigenvalue weighted by molar-refractivity contribution is 5.69. The van der Waals surface area contributed by atoms with Crippen molar-refractivity contribution >= 4 is 5.97 Å². The molecular formula is C9H17NO3. The number of aliphatic hydroxyl groups excluding tert-OH is 1. The van der Waals surface area contributed by atoms with Crippen LogP contribution in [0.2, 0.25) is 0 Å². The monoisotopic (exact) mass is 187 g/mol. The Balaban J connectivity index is 2.37. The molecule has 0 aliphatic carbocycles. The largest absolute Gasteiger partial charge is 0.480 e. The van der Waals surface area contributed by atoms with Crippen molar-refractivity contribution in [2.45, 2.75) is 25.9 Å². The van der Waals surface area contributed by atoms with E-state index < -0.39 is 5.97 Å². The van der Waals surface area contributed by atoms with Crippen LogP contribution in [0.5, 0.6) is 0 Å². The van der Waals surface area contributed by atoms with E-state index in [9.17, 15) is 9.90 Å². The third-order valence-corrected chi connectivity index (χ3v) is 2.58. The number of hydrogen-bond donors (Lipinski definition) is 2. The highest BCUT2D eigenvalue weighted by atomic mass is 16.4. The summed E-state index contributed by atoms with van der Waals surface area (Å²) in [6.07, 6.45) is 1.67. The van der Waals surface area contributed by atoms with Gasteiger partial charge in [-0.25, -0.2) is 0 Å². The van der Waals surface area contributed by atoms with Gasteiger partial charge in [0.05, 0.1) is 12.6 Å². The summed E-state index contributed by atoms with van der Waals surface area (Å²) in [5.41, 5.74) is 0. The number of piperidine rings is 1. The lowest BCUT2D eigenvalue weighted by Gasteiger charge is -2.32. The van der Waals surface area contributed by atoms with E-state index in [0.29, 0.717) is 6.54 Å². The van der Waals surface area contributed by atoms with Gasteiger partial charge in [0.15, 0.2) is 0 Å². The fraction of sp³-hybridized carbons (Fsp3) is 0.889. The number of aliphatic carboxylic acids is 1. The lowest BCUT2D eigenvalue weighted by molar-refractivity contribution is -0.139. The van der Waals surface area contributed by atoms with E-state index in [1.165, 1.54) is 0 Å². The van der Waals surface area contributed by atoms with E-state index in [1.54, 1.807) is 6.92 Å². The molecule has 0 spiro atoms. The second-order valence-electron chi connectivity index (χ2n) is 3.77. The minimum absolute atomic E-state index is 0.100. The first kappa shape index (κ1) is 10.5. The van der Waals surface area contributed by atoms with Crippen LogP contribution >= 0.6 is 0 Å². The minimum atomic E-state index is -0.786. The second kappa shape index (κ2) is 4.58. The van der Waals surface area contributed by atoms with Crippen molar-refractivity contribution in [1.29, 1.82) is 0 Å². The summed E-state index contributed by atoms with van der Waals surface area (Å²) in [6.45, 7) is 3.43. The number of carbonyl (C=O) groups is 1. The molecule has 0 aromatic carbocycles. The molecule has 0 unspecified atom stereocenters. The van der Waals surface area contributed by atoms with Crippen LogP contribution < -0.4 is 0 Å². The lowest BCUT2D eigenvalue weighted by Crippen LogP contribution is -2.41. The van der Waals surface area contributed by atoms with Gasteiger partial charge >= 0.3 is 5.97 Å². The average Bonchev–Trinajstić information content (AvgIpc) is 2.03. The van der Waals surface area contributed by atoms with Crippen molar-refractivity contribution in [3.8, 4) is 0 Å². The van der Waals surface area contributed by atoms with Gasteiger partial charge in [-0.3, -0.25) is 9.69 Å². The highest BCUT2D eigenvalue weighted by Crippen LogP contribution is 2.19. The molecule has 2 N–H and O–H groups in total. The smallest absolute Gasteiger partial charge is 0.317 e. The van der Waals surface area contributed by atoms with Crippen LogP contribution in [0.15, 0.2) is 0 Å². The summed E-state index contributed by atoms with van der Waals surface area (Å²) in [4.78, 5) is 12.3. The Bertz CT molecular complexity index is 182. The van der Waals surface area contributed by atoms with Gasteiger partial charge in [-0.15, -0.1) is 0 Å². The molecule has 0 amide bonds. The number of aliphatic hydroxyl groups is 1. The molecule has 2 atom stereocenters. The Morgan fingerprint density at radius 2 is 2.38 bits per heavy atom. The summed E-state index contributed by atoms with van der Waals surface area (Å²) >= 11 is 0. The quantitative estimate of drug-likeness (QED) is 0.661. The van der Waals surface area contributed by atoms with Crippen molar-refractivity contribution in [2.24, 2.45) is 5.92 Å². The van der Waals surface area contributed by atoms with Crippen molar-refractivity contribution < 1.29 is 15.0 Å². The van der Waals surface area contributed by atoms with E-state index in [2.05, 4.69) is 0 Å². The normalized spacial score (nSPS) is 27.1. The van der Waals surface area contributed by atoms with Crippen LogP contribution in [-0.2, 0) is 4.79 Å². The fourth-order valence-corrected chi connectivity index (χ4v) is 1.82. The zero-order chi connectivity index (χ0) is 9.84. The van der Waals surface area contributed by atoms with Gasteiger partial charge in [0, 0.05) is 6.54 Å². The molecule has 1 aliphatic rings. The molecule has 4 heteroatoms. The number of carboxylic acid groups (broad SMARTS) is 1. The van der Waals surface area contributed by atoms with Crippen molar-refractivity contribution in [3.63, 3.8) is 0 Å². The molecule has 1 aliphatic heterocycles. The summed E-state index contributed by atoms with van der Waals surface area (Å²) in [7, 11) is 0. The van der Waals surface area contributed by atoms with Crippen molar-refractivity contribution in [3.05, 3.63) is 0 Å². The first-order chi connectivity index (χ1) is 6.09. The van der Waals surface area contributed by atoms with Crippen LogP contribution in [0.1, 0.15) is 19.8 Å². The third kappa shape index (κ3) is 3.32. The molecule has 1 fully saturated rings. The van der Waals surface area contributed by atoms with Crippen molar-refractivity contribution in [2.75, 3.05) is 19.6 Å². The molecule has 0 aromatic heterocycles. The van der Waals surface area contributed by atoms with E-state index in [-0.39, 0.29) is 18.6 Å². The van der Waals surface area contributed by atoms with E-state index in [0.717, 1.165) is 19.4 Å². The van der Waals surface area contributed by atoms with E-state index in [1.807, 2.05) is 4.90 Å². The minimum Gasteiger partial charge on any atom is -0.480 e. The van der Waals surface area contributed by atoms with E-state index in [4.69, 9.17) is 5.11 Å². The van der Waals surface area contributed by atoms with Gasteiger partial charge in [-0.05, 0) is 32.2 Å². The van der Waals surface area contributed by atoms with E-state index >= 15 is 0 Å². The van der Waals surface area contributed by atoms with Crippen molar-refractivity contribution in [1.82, 2.24) is 4.90 Å². The molecule has 0 bridgehead atoms. The maximum Gasteiger partial charge on any atom is 0.317 e. The number of likely N-dealkylation sites (tertiary alicyclic amines) is 1. The lowest BCUT2D eigenvalue weighted by atomic mass is 9.93. The molecular weight excluding hydrogens is 170 g/mol. The molecule has 0 radical (unpaired) electrons. The van der Waals surface area contributed by atoms with Crippen LogP contribution in [-0.4, -0.2) is 46.8 Å². The molecule has 4 nitrogen and oxygen atoms in total. The SMILES string of the molecule is C[C@@H](O)[C@H]1CCCN(CC(=O)O)C1. The van der Waals surface area contributed by atoms with Gasteiger partial charge in [-0.2, -0.15) is 0 Å². The standard InChI is InChI=1S/C9H17NO3/c1-7(11)8-3-2-4-10(5-8)6-9(12)13/h7-8,11H,2-6H2,1H3,(H,12,13)/t7-,8+/m1/s1. The third-order valence-electron chi connectivity index (χ3n) is 2.58. The Morgan fingerprint density at radius 1 is 1.69 bits per heavy atom. The Labute approximate surface area is 78.2 Å². The van der Waals surface area contributed by atoms with Gasteiger partial charge in [-0.1, -0.05) is 0 Å². The maximum atomic E-state index is 10.4. The molecule has 0 saturated carbocycles. The highest BCUT2D eigenvalue weighted by Gasteiger charge is 2.24. The predicted octanol–water partition coefficient (Wildman–Crippen LogP) is 0.164. The second-order valence-corrected chi connectivity index (χ2v) is 3.77. The molecule has 0 aromatic rings. The summed E-state index contributed by atoms with van der Waals surface area (Å²) in [5.74, 6) is -0.542. The Morgan fingerprint density at radius 3 is 2.92 bits per heavy atom. The summed E-state index contributed by atoms with van der Waals surface area (Å²) in [5, 5.41) is 17.9. The van der Waals surface area contributed by atoms with Crippen LogP contribution in [0.3, 0.4) is 0 Å². The average molecular weight is 187 g/mol. The number of carboxylic acids is 1. The van der Waals surface area contributed by atoms with Gasteiger partial charge in [0.1, 0.15) is 0 Å². The number of rotatable bonds is 3. The van der Waals surface area contributed by atoms with Crippen LogP contribution in [0, 0.1) is 5.92 Å². The maximum absolute atomic E-state index is 10.4. The first-order valence-electron chi connectivity index (χ1n) is 4.72. The molecule has 1 heterocycles. The van der Waals surface area contributed by atoms with Crippen LogP contribution in [0.25, 0.3) is 0 Å². The summed E-state index contributed by atoms with van der Waals surface area (Å²) < 4.78 is 0. The zero-order valence-corrected chi connectivity index (χ0v) is 7.94. The first-order valence-corrected chi connectivity index (χ1v) is 4.72. The van der Waals surface area contributed by atoms with Gasteiger partial charge in [0.25, 0.3) is 0 Å². The molecule has 1 rings (SSSR count). The number of hydrogen-bond acceptors (Lipinski definition) is 3. The fourth-order valence-electron chi connectivity index (χ4n) is 1.82. The van der Waals surface area contributed by atoms with Gasteiger partial charge < -0.3 is 10.2 Å². The molecule has 13 heavy (non-hydrogen) atoms. The molecule has 1 saturated heterocycles. The topological polar surface area (TPSA) is 60.8 Å². The Hall–Kier alpha value is -0.610. The summed E-state index contributed by atoms with van der Waals surface area (Å²) in [6, 6.07) is 0. The number of nitrogens with zero attached hydrogens (tertiary/aromatic N) is 1. The Kier molecular flexibility index (Phi) is 3.69. The van der Waals surface area contributed by atoms with Gasteiger partial charge in [0.2, 0.25) is 0 Å². The van der Waals surface area contributed by atoms with Crippen LogP contribution in [0.4, 0.5) is 0 Å². The molecule has 76 valence electrons. The zero-order valence-electron chi connectivity index (χ0n) is 7.94.